The number of nitrogens with zero attached hydrogens (tertiary/aromatic N) is 1. The van der Waals surface area contributed by atoms with Crippen LogP contribution in [-0.2, 0) is 6.42 Å². The maximum atomic E-state index is 6.57. The van der Waals surface area contributed by atoms with E-state index in [-0.39, 0.29) is 5.92 Å². The highest BCUT2D eigenvalue weighted by atomic mass is 16.3. The van der Waals surface area contributed by atoms with Crippen LogP contribution in [0.1, 0.15) is 22.8 Å². The zero-order valence-electron chi connectivity index (χ0n) is 26.3. The smallest absolute Gasteiger partial charge is 0.147 e. The Balaban J connectivity index is 1.17. The van der Waals surface area contributed by atoms with Crippen LogP contribution in [0.4, 0.5) is 0 Å². The number of allylic oxidation sites excluding steroid dienone is 1. The Bertz CT molecular complexity index is 2990. The van der Waals surface area contributed by atoms with Gasteiger partial charge in [-0.15, -0.1) is 0 Å². The van der Waals surface area contributed by atoms with E-state index in [0.717, 1.165) is 94.9 Å². The van der Waals surface area contributed by atoms with Gasteiger partial charge in [0.15, 0.2) is 0 Å². The molecule has 0 bridgehead atoms. The molecule has 230 valence electrons. The second-order valence-electron chi connectivity index (χ2n) is 13.0. The molecule has 10 aromatic rings. The summed E-state index contributed by atoms with van der Waals surface area (Å²) in [6.45, 7) is 0. The Morgan fingerprint density at radius 1 is 0.510 bits per heavy atom. The Morgan fingerprint density at radius 3 is 2.04 bits per heavy atom. The van der Waals surface area contributed by atoms with Gasteiger partial charge in [-0.05, 0) is 83.8 Å². The van der Waals surface area contributed by atoms with Gasteiger partial charge in [0.05, 0.1) is 16.6 Å². The molecule has 4 aromatic heterocycles. The van der Waals surface area contributed by atoms with Gasteiger partial charge < -0.3 is 13.3 Å². The Hall–Kier alpha value is -6.39. The van der Waals surface area contributed by atoms with E-state index in [4.69, 9.17) is 18.2 Å². The Labute approximate surface area is 280 Å². The van der Waals surface area contributed by atoms with Crippen molar-refractivity contribution in [3.8, 4) is 22.4 Å². The zero-order chi connectivity index (χ0) is 32.1. The van der Waals surface area contributed by atoms with Gasteiger partial charge in [-0.1, -0.05) is 84.9 Å². The first kappa shape index (κ1) is 26.7. The lowest BCUT2D eigenvalue weighted by Gasteiger charge is -2.20. The number of hydrogen-bond donors (Lipinski definition) is 0. The van der Waals surface area contributed by atoms with Gasteiger partial charge in [-0.25, -0.2) is 4.98 Å². The van der Waals surface area contributed by atoms with E-state index in [1.807, 2.05) is 42.5 Å². The highest BCUT2D eigenvalue weighted by molar-refractivity contribution is 6.19. The molecular weight excluding hydrogens is 602 g/mol. The summed E-state index contributed by atoms with van der Waals surface area (Å²) < 4.78 is 19.0. The van der Waals surface area contributed by atoms with Crippen LogP contribution in [0, 0.1) is 0 Å². The second-order valence-corrected chi connectivity index (χ2v) is 13.0. The molecule has 1 unspecified atom stereocenters. The summed E-state index contributed by atoms with van der Waals surface area (Å²) in [4.78, 5) is 5.36. The first-order valence-electron chi connectivity index (χ1n) is 16.7. The summed E-state index contributed by atoms with van der Waals surface area (Å²) in [5.41, 5.74) is 12.1. The van der Waals surface area contributed by atoms with Crippen LogP contribution in [-0.4, -0.2) is 4.98 Å². The monoisotopic (exact) mass is 629 g/mol. The molecule has 0 N–H and O–H groups in total. The van der Waals surface area contributed by atoms with E-state index in [1.54, 1.807) is 0 Å². The molecule has 4 heteroatoms. The second kappa shape index (κ2) is 10.1. The van der Waals surface area contributed by atoms with Crippen molar-refractivity contribution in [1.29, 1.82) is 0 Å². The molecule has 0 fully saturated rings. The van der Waals surface area contributed by atoms with Crippen LogP contribution in [0.3, 0.4) is 0 Å². The number of benzene rings is 6. The topological polar surface area (TPSA) is 52.3 Å². The molecule has 0 spiro atoms. The molecule has 0 saturated carbocycles. The van der Waals surface area contributed by atoms with Crippen molar-refractivity contribution in [3.05, 3.63) is 156 Å². The molecule has 4 nitrogen and oxygen atoms in total. The van der Waals surface area contributed by atoms with E-state index >= 15 is 0 Å². The molecular formula is C45H27NO3. The van der Waals surface area contributed by atoms with Crippen LogP contribution in [0.25, 0.3) is 94.2 Å². The lowest BCUT2D eigenvalue weighted by atomic mass is 9.84. The van der Waals surface area contributed by atoms with Gasteiger partial charge >= 0.3 is 0 Å². The number of pyridine rings is 1. The van der Waals surface area contributed by atoms with Gasteiger partial charge in [-0.2, -0.15) is 0 Å². The summed E-state index contributed by atoms with van der Waals surface area (Å²) in [5.74, 6) is 1.11. The lowest BCUT2D eigenvalue weighted by Crippen LogP contribution is -2.05. The maximum absolute atomic E-state index is 6.57. The number of fused-ring (bicyclic) bond motifs is 11. The van der Waals surface area contributed by atoms with E-state index < -0.39 is 0 Å². The minimum Gasteiger partial charge on any atom is -0.456 e. The zero-order valence-corrected chi connectivity index (χ0v) is 26.3. The molecule has 1 atom stereocenters. The van der Waals surface area contributed by atoms with Crippen LogP contribution >= 0.6 is 0 Å². The van der Waals surface area contributed by atoms with Crippen molar-refractivity contribution in [2.75, 3.05) is 0 Å². The predicted octanol–water partition coefficient (Wildman–Crippen LogP) is 12.5. The standard InChI is InChI=1S/C45H27NO3/c1-5-13-37-33(11-1)45-43(34-12-4-8-16-40(34)49-45)44(46-37)30-22-28(26-17-19-41-35(24-26)31-9-2-6-14-38(31)47-41)21-29(23-30)27-18-20-42-36(25-27)32-10-3-7-15-39(32)48-42/h1-24,27H,25H2. The summed E-state index contributed by atoms with van der Waals surface area (Å²) in [5, 5.41) is 6.53. The number of furan rings is 3. The molecule has 1 aliphatic carbocycles. The number of hydrogen-bond acceptors (Lipinski definition) is 4. The quantitative estimate of drug-likeness (QED) is 0.195. The van der Waals surface area contributed by atoms with E-state index in [9.17, 15) is 0 Å². The highest BCUT2D eigenvalue weighted by Gasteiger charge is 2.24. The van der Waals surface area contributed by atoms with Gasteiger partial charge in [0.1, 0.15) is 33.7 Å². The van der Waals surface area contributed by atoms with Crippen molar-refractivity contribution >= 4 is 71.8 Å². The third-order valence-electron chi connectivity index (χ3n) is 10.2. The average molecular weight is 630 g/mol. The minimum absolute atomic E-state index is 0.155. The molecule has 4 heterocycles. The molecule has 0 radical (unpaired) electrons. The van der Waals surface area contributed by atoms with E-state index in [2.05, 4.69) is 103 Å². The summed E-state index contributed by atoms with van der Waals surface area (Å²) >= 11 is 0. The number of aromatic nitrogens is 1. The third kappa shape index (κ3) is 4.01. The molecule has 49 heavy (non-hydrogen) atoms. The van der Waals surface area contributed by atoms with E-state index in [0.29, 0.717) is 0 Å². The van der Waals surface area contributed by atoms with Crippen LogP contribution in [0.2, 0.25) is 0 Å². The molecule has 0 amide bonds. The summed E-state index contributed by atoms with van der Waals surface area (Å²) in [6.07, 6.45) is 5.29. The average Bonchev–Trinajstić information content (AvgIpc) is 3.85. The number of para-hydroxylation sites is 4. The van der Waals surface area contributed by atoms with Crippen LogP contribution in [0.5, 0.6) is 0 Å². The Morgan fingerprint density at radius 2 is 1.18 bits per heavy atom. The van der Waals surface area contributed by atoms with Crippen LogP contribution in [0.15, 0.2) is 153 Å². The summed E-state index contributed by atoms with van der Waals surface area (Å²) in [6, 6.07) is 46.6. The largest absolute Gasteiger partial charge is 0.456 e. The molecule has 11 rings (SSSR count). The first-order chi connectivity index (χ1) is 24.2. The van der Waals surface area contributed by atoms with Gasteiger partial charge in [0.2, 0.25) is 0 Å². The number of rotatable bonds is 3. The predicted molar refractivity (Wildman–Crippen MR) is 199 cm³/mol. The van der Waals surface area contributed by atoms with Gasteiger partial charge in [0.25, 0.3) is 0 Å². The summed E-state index contributed by atoms with van der Waals surface area (Å²) in [7, 11) is 0. The fourth-order valence-corrected chi connectivity index (χ4v) is 7.88. The fourth-order valence-electron chi connectivity index (χ4n) is 7.88. The van der Waals surface area contributed by atoms with Crippen molar-refractivity contribution in [2.24, 2.45) is 0 Å². The molecule has 6 aromatic carbocycles. The highest BCUT2D eigenvalue weighted by Crippen LogP contribution is 2.43. The van der Waals surface area contributed by atoms with E-state index in [1.165, 1.54) is 16.5 Å². The molecule has 1 aliphatic rings. The normalized spacial score (nSPS) is 14.6. The minimum atomic E-state index is 0.155. The Kier molecular flexibility index (Phi) is 5.47. The SMILES string of the molecule is C1=CC(c2cc(-c3ccc4oc5ccccc5c4c3)cc(-c3nc4ccccc4c4oc5ccccc5c34)c2)Cc2c1oc1ccccc21. The lowest BCUT2D eigenvalue weighted by molar-refractivity contribution is 0.592. The van der Waals surface area contributed by atoms with Gasteiger partial charge in [-0.3, -0.25) is 0 Å². The van der Waals surface area contributed by atoms with Crippen LogP contribution < -0.4 is 0 Å². The fraction of sp³-hybridized carbons (Fsp3) is 0.0444. The van der Waals surface area contributed by atoms with Crippen molar-refractivity contribution in [3.63, 3.8) is 0 Å². The first-order valence-corrected chi connectivity index (χ1v) is 16.7. The van der Waals surface area contributed by atoms with Crippen molar-refractivity contribution in [2.45, 2.75) is 12.3 Å². The van der Waals surface area contributed by atoms with Gasteiger partial charge in [0, 0.05) is 44.0 Å². The maximum Gasteiger partial charge on any atom is 0.147 e. The third-order valence-corrected chi connectivity index (χ3v) is 10.2. The van der Waals surface area contributed by atoms with Crippen molar-refractivity contribution < 1.29 is 13.3 Å². The van der Waals surface area contributed by atoms with Crippen molar-refractivity contribution in [1.82, 2.24) is 4.98 Å². The molecule has 0 aliphatic heterocycles. The molecule has 0 saturated heterocycles.